The normalized spacial score (nSPS) is 10.9. The molecule has 1 aromatic carbocycles. The Bertz CT molecular complexity index is 470. The lowest BCUT2D eigenvalue weighted by Crippen LogP contribution is -2.26. The summed E-state index contributed by atoms with van der Waals surface area (Å²) in [4.78, 5) is 21.6. The molecule has 2 N–H and O–H groups in total. The number of benzene rings is 1. The van der Waals surface area contributed by atoms with Crippen molar-refractivity contribution in [3.05, 3.63) is 29.3 Å². The first-order valence-corrected chi connectivity index (χ1v) is 5.31. The Kier molecular flexibility index (Phi) is 5.13. The third-order valence-corrected chi connectivity index (χ3v) is 2.09. The maximum absolute atomic E-state index is 11.2. The molecule has 1 rings (SSSR count). The molecule has 0 saturated carbocycles. The predicted molar refractivity (Wildman–Crippen MR) is 65.8 cm³/mol. The fourth-order valence-corrected chi connectivity index (χ4v) is 1.03. The van der Waals surface area contributed by atoms with E-state index in [1.54, 1.807) is 24.3 Å². The Labute approximate surface area is 108 Å². The first-order chi connectivity index (χ1) is 8.49. The van der Waals surface area contributed by atoms with Crippen LogP contribution in [-0.4, -0.2) is 29.3 Å². The minimum absolute atomic E-state index is 0.213. The number of carboxylic acids is 1. The van der Waals surface area contributed by atoms with E-state index in [0.717, 1.165) is 0 Å². The molecular weight excluding hydrogens is 260 g/mol. The van der Waals surface area contributed by atoms with Crippen LogP contribution in [0.4, 0.5) is 0 Å². The quantitative estimate of drug-likeness (QED) is 0.623. The topological polar surface area (TPSA) is 88.0 Å². The summed E-state index contributed by atoms with van der Waals surface area (Å²) in [5.41, 5.74) is 1.85. The van der Waals surface area contributed by atoms with Crippen molar-refractivity contribution in [2.45, 2.75) is 6.92 Å². The lowest BCUT2D eigenvalue weighted by atomic mass is 10.3. The fourth-order valence-electron chi connectivity index (χ4n) is 0.906. The molecule has 0 atom stereocenters. The fraction of sp³-hybridized carbons (Fsp3) is 0.182. The van der Waals surface area contributed by atoms with Gasteiger partial charge in [0.1, 0.15) is 11.5 Å². The number of hydrazone groups is 1. The molecule has 7 heteroatoms. The summed E-state index contributed by atoms with van der Waals surface area (Å²) in [7, 11) is 0. The molecule has 0 unspecified atom stereocenters. The summed E-state index contributed by atoms with van der Waals surface area (Å²) in [5.74, 6) is -1.27. The van der Waals surface area contributed by atoms with Crippen molar-refractivity contribution < 1.29 is 19.4 Å². The number of nitrogens with one attached hydrogen (secondary N) is 1. The van der Waals surface area contributed by atoms with E-state index in [1.165, 1.54) is 6.92 Å². The molecule has 96 valence electrons. The van der Waals surface area contributed by atoms with Crippen LogP contribution >= 0.6 is 11.6 Å². The van der Waals surface area contributed by atoms with E-state index in [1.807, 2.05) is 0 Å². The van der Waals surface area contributed by atoms with E-state index in [4.69, 9.17) is 21.4 Å². The summed E-state index contributed by atoms with van der Waals surface area (Å²) in [6.45, 7) is 1.00. The molecule has 1 amide bonds. The zero-order valence-corrected chi connectivity index (χ0v) is 10.3. The maximum atomic E-state index is 11.2. The Hall–Kier alpha value is -2.08. The average molecular weight is 271 g/mol. The Morgan fingerprint density at radius 3 is 2.56 bits per heavy atom. The van der Waals surface area contributed by atoms with Gasteiger partial charge in [0.15, 0.2) is 6.61 Å². The third kappa shape index (κ3) is 4.84. The first kappa shape index (κ1) is 14.0. The van der Waals surface area contributed by atoms with Gasteiger partial charge in [-0.3, -0.25) is 4.79 Å². The largest absolute Gasteiger partial charge is 0.484 e. The molecule has 0 radical (unpaired) electrons. The van der Waals surface area contributed by atoms with Gasteiger partial charge in [-0.2, -0.15) is 5.10 Å². The number of hydrogen-bond acceptors (Lipinski definition) is 4. The highest BCUT2D eigenvalue weighted by atomic mass is 35.5. The maximum Gasteiger partial charge on any atom is 0.351 e. The van der Waals surface area contributed by atoms with Gasteiger partial charge in [-0.25, -0.2) is 10.2 Å². The number of carbonyl (C=O) groups is 2. The van der Waals surface area contributed by atoms with Crippen LogP contribution < -0.4 is 10.2 Å². The highest BCUT2D eigenvalue weighted by molar-refractivity contribution is 6.34. The molecular formula is C11H11ClN2O4. The van der Waals surface area contributed by atoms with Gasteiger partial charge in [-0.15, -0.1) is 0 Å². The van der Waals surface area contributed by atoms with E-state index in [0.29, 0.717) is 10.8 Å². The second-order valence-electron chi connectivity index (χ2n) is 3.28. The van der Waals surface area contributed by atoms with Gasteiger partial charge >= 0.3 is 5.97 Å². The molecule has 0 aromatic heterocycles. The number of carboxylic acid groups (broad SMARTS) is 1. The van der Waals surface area contributed by atoms with Crippen LogP contribution in [0.25, 0.3) is 0 Å². The summed E-state index contributed by atoms with van der Waals surface area (Å²) >= 11 is 5.68. The molecule has 1 aromatic rings. The van der Waals surface area contributed by atoms with Crippen molar-refractivity contribution in [3.8, 4) is 5.75 Å². The van der Waals surface area contributed by atoms with E-state index in [-0.39, 0.29) is 12.3 Å². The van der Waals surface area contributed by atoms with Gasteiger partial charge in [0, 0.05) is 5.02 Å². The van der Waals surface area contributed by atoms with Gasteiger partial charge in [0.25, 0.3) is 5.91 Å². The summed E-state index contributed by atoms with van der Waals surface area (Å²) in [5, 5.41) is 12.4. The van der Waals surface area contributed by atoms with Gasteiger partial charge in [0.2, 0.25) is 0 Å². The SMILES string of the molecule is CC(=NNC(=O)COc1ccc(Cl)cc1)C(=O)O. The van der Waals surface area contributed by atoms with E-state index in [2.05, 4.69) is 10.5 Å². The minimum atomic E-state index is -1.20. The summed E-state index contributed by atoms with van der Waals surface area (Å²) in [6.07, 6.45) is 0. The number of aliphatic carboxylic acids is 1. The molecule has 0 aliphatic carbocycles. The Balaban J connectivity index is 2.40. The number of amides is 1. The van der Waals surface area contributed by atoms with Crippen molar-refractivity contribution in [3.63, 3.8) is 0 Å². The van der Waals surface area contributed by atoms with Gasteiger partial charge < -0.3 is 9.84 Å². The zero-order chi connectivity index (χ0) is 13.5. The highest BCUT2D eigenvalue weighted by Gasteiger charge is 2.04. The number of rotatable bonds is 5. The van der Waals surface area contributed by atoms with Crippen LogP contribution in [0.2, 0.25) is 5.02 Å². The molecule has 0 saturated heterocycles. The Morgan fingerprint density at radius 2 is 2.00 bits per heavy atom. The number of halogens is 1. The van der Waals surface area contributed by atoms with Crippen LogP contribution in [-0.2, 0) is 9.59 Å². The lowest BCUT2D eigenvalue weighted by molar-refractivity contribution is -0.129. The van der Waals surface area contributed by atoms with Crippen LogP contribution in [0.5, 0.6) is 5.75 Å². The van der Waals surface area contributed by atoms with Crippen LogP contribution in [0.3, 0.4) is 0 Å². The molecule has 0 aliphatic heterocycles. The van der Waals surface area contributed by atoms with E-state index < -0.39 is 11.9 Å². The number of nitrogens with zero attached hydrogens (tertiary/aromatic N) is 1. The second kappa shape index (κ2) is 6.61. The van der Waals surface area contributed by atoms with Crippen molar-refractivity contribution in [2.75, 3.05) is 6.61 Å². The van der Waals surface area contributed by atoms with Crippen molar-refractivity contribution >= 4 is 29.2 Å². The van der Waals surface area contributed by atoms with Gasteiger partial charge in [0.05, 0.1) is 0 Å². The smallest absolute Gasteiger partial charge is 0.351 e. The monoisotopic (exact) mass is 270 g/mol. The molecule has 0 fully saturated rings. The number of hydrogen-bond donors (Lipinski definition) is 2. The zero-order valence-electron chi connectivity index (χ0n) is 9.51. The third-order valence-electron chi connectivity index (χ3n) is 1.84. The summed E-state index contributed by atoms with van der Waals surface area (Å²) < 4.78 is 5.13. The van der Waals surface area contributed by atoms with Crippen LogP contribution in [0.15, 0.2) is 29.4 Å². The number of ether oxygens (including phenoxy) is 1. The van der Waals surface area contributed by atoms with Crippen molar-refractivity contribution in [1.82, 2.24) is 5.43 Å². The molecule has 0 bridgehead atoms. The molecule has 18 heavy (non-hydrogen) atoms. The van der Waals surface area contributed by atoms with Gasteiger partial charge in [-0.1, -0.05) is 11.6 Å². The molecule has 0 spiro atoms. The van der Waals surface area contributed by atoms with E-state index in [9.17, 15) is 9.59 Å². The molecule has 0 heterocycles. The van der Waals surface area contributed by atoms with Crippen LogP contribution in [0.1, 0.15) is 6.92 Å². The summed E-state index contributed by atoms with van der Waals surface area (Å²) in [6, 6.07) is 6.48. The van der Waals surface area contributed by atoms with Crippen LogP contribution in [0, 0.1) is 0 Å². The average Bonchev–Trinajstić information content (AvgIpc) is 2.35. The first-order valence-electron chi connectivity index (χ1n) is 4.94. The highest BCUT2D eigenvalue weighted by Crippen LogP contribution is 2.15. The predicted octanol–water partition coefficient (Wildman–Crippen LogP) is 1.30. The second-order valence-corrected chi connectivity index (χ2v) is 3.72. The molecule has 0 aliphatic rings. The van der Waals surface area contributed by atoms with E-state index >= 15 is 0 Å². The van der Waals surface area contributed by atoms with Gasteiger partial charge in [-0.05, 0) is 31.2 Å². The molecule has 6 nitrogen and oxygen atoms in total. The number of carbonyl (C=O) groups excluding carboxylic acids is 1. The Morgan fingerprint density at radius 1 is 1.39 bits per heavy atom. The minimum Gasteiger partial charge on any atom is -0.484 e. The standard InChI is InChI=1S/C11H11ClN2O4/c1-7(11(16)17)13-14-10(15)6-18-9-4-2-8(12)3-5-9/h2-5H,6H2,1H3,(H,14,15)(H,16,17). The van der Waals surface area contributed by atoms with Crippen molar-refractivity contribution in [1.29, 1.82) is 0 Å². The lowest BCUT2D eigenvalue weighted by Gasteiger charge is -2.04. The van der Waals surface area contributed by atoms with Crippen molar-refractivity contribution in [2.24, 2.45) is 5.10 Å².